The third-order valence-corrected chi connectivity index (χ3v) is 4.39. The summed E-state index contributed by atoms with van der Waals surface area (Å²) in [5, 5.41) is 8.16. The minimum atomic E-state index is -1.13. The maximum Gasteiger partial charge on any atom is 0.341 e. The molecule has 0 spiro atoms. The molecule has 1 aromatic rings. The average Bonchev–Trinajstić information content (AvgIpc) is 2.88. The fourth-order valence-electron chi connectivity index (χ4n) is 2.15. The van der Waals surface area contributed by atoms with Crippen molar-refractivity contribution < 1.29 is 33.8 Å². The first kappa shape index (κ1) is 20.5. The van der Waals surface area contributed by atoms with E-state index >= 15 is 0 Å². The normalized spacial score (nSPS) is 15.3. The number of hydrogen-bond donors (Lipinski definition) is 1. The van der Waals surface area contributed by atoms with Gasteiger partial charge in [-0.3, -0.25) is 19.3 Å². The van der Waals surface area contributed by atoms with E-state index in [0.717, 1.165) is 11.3 Å². The highest BCUT2D eigenvalue weighted by molar-refractivity contribution is 8.18. The molecule has 1 aromatic carbocycles. The first-order valence-corrected chi connectivity index (χ1v) is 9.08. The van der Waals surface area contributed by atoms with Crippen LogP contribution >= 0.6 is 11.8 Å². The van der Waals surface area contributed by atoms with E-state index in [9.17, 15) is 19.2 Å². The number of ether oxygens (including phenoxy) is 2. The van der Waals surface area contributed by atoms with Gasteiger partial charge in [-0.1, -0.05) is 31.5 Å². The summed E-state index contributed by atoms with van der Waals surface area (Å²) in [6.07, 6.45) is 3.01. The number of imide groups is 1. The van der Waals surface area contributed by atoms with Crippen LogP contribution in [0.4, 0.5) is 4.79 Å². The molecule has 144 valence electrons. The number of carbonyl (C=O) groups is 4. The van der Waals surface area contributed by atoms with Crippen LogP contribution in [0.1, 0.15) is 25.3 Å². The molecule has 2 rings (SSSR count). The maximum atomic E-state index is 12.4. The van der Waals surface area contributed by atoms with Gasteiger partial charge >= 0.3 is 11.9 Å². The summed E-state index contributed by atoms with van der Waals surface area (Å²) < 4.78 is 10.2. The number of hydrogen-bond acceptors (Lipinski definition) is 7. The molecule has 27 heavy (non-hydrogen) atoms. The number of nitrogens with zero attached hydrogens (tertiary/aromatic N) is 1. The highest BCUT2D eigenvalue weighted by Gasteiger charge is 2.36. The van der Waals surface area contributed by atoms with Crippen molar-refractivity contribution >= 4 is 40.9 Å². The van der Waals surface area contributed by atoms with Crippen LogP contribution in [0, 0.1) is 0 Å². The van der Waals surface area contributed by atoms with Crippen LogP contribution in [0.25, 0.3) is 6.08 Å². The molecule has 9 heteroatoms. The van der Waals surface area contributed by atoms with Crippen molar-refractivity contribution in [2.45, 2.75) is 19.8 Å². The summed E-state index contributed by atoms with van der Waals surface area (Å²) in [4.78, 5) is 47.9. The fourth-order valence-corrected chi connectivity index (χ4v) is 2.98. The fraction of sp³-hybridized carbons (Fsp3) is 0.333. The first-order chi connectivity index (χ1) is 12.9. The maximum absolute atomic E-state index is 12.4. The zero-order valence-electron chi connectivity index (χ0n) is 14.7. The van der Waals surface area contributed by atoms with Crippen LogP contribution in [0.2, 0.25) is 0 Å². The Kier molecular flexibility index (Phi) is 7.42. The van der Waals surface area contributed by atoms with Crippen molar-refractivity contribution in [3.8, 4) is 5.75 Å². The van der Waals surface area contributed by atoms with Crippen molar-refractivity contribution in [2.24, 2.45) is 0 Å². The number of amides is 2. The molecule has 1 heterocycles. The number of esters is 1. The van der Waals surface area contributed by atoms with Crippen LogP contribution in [0.3, 0.4) is 0 Å². The summed E-state index contributed by atoms with van der Waals surface area (Å²) in [5.41, 5.74) is 0.453. The van der Waals surface area contributed by atoms with Gasteiger partial charge in [-0.05, 0) is 30.3 Å². The Labute approximate surface area is 160 Å². The standard InChI is InChI=1S/C18H19NO7S/c1-2-3-8-25-16(22)10-19-17(23)14(27-18(19)24)9-12-6-4-5-7-13(12)26-11-15(20)21/h4-7,9H,2-3,8,10-11H2,1H3,(H,20,21). The van der Waals surface area contributed by atoms with Gasteiger partial charge in [0, 0.05) is 5.56 Å². The van der Waals surface area contributed by atoms with Crippen LogP contribution in [0.5, 0.6) is 5.75 Å². The van der Waals surface area contributed by atoms with Gasteiger partial charge in [0.1, 0.15) is 12.3 Å². The lowest BCUT2D eigenvalue weighted by molar-refractivity contribution is -0.146. The van der Waals surface area contributed by atoms with Crippen molar-refractivity contribution in [3.63, 3.8) is 0 Å². The highest BCUT2D eigenvalue weighted by Crippen LogP contribution is 2.33. The zero-order valence-corrected chi connectivity index (χ0v) is 15.5. The Bertz CT molecular complexity index is 775. The minimum absolute atomic E-state index is 0.118. The van der Waals surface area contributed by atoms with Gasteiger partial charge < -0.3 is 14.6 Å². The van der Waals surface area contributed by atoms with Crippen molar-refractivity contribution in [1.82, 2.24) is 4.90 Å². The Morgan fingerprint density at radius 2 is 2.00 bits per heavy atom. The van der Waals surface area contributed by atoms with Crippen LogP contribution in [0.15, 0.2) is 29.2 Å². The van der Waals surface area contributed by atoms with Crippen LogP contribution in [-0.4, -0.2) is 52.8 Å². The smallest absolute Gasteiger partial charge is 0.341 e. The third kappa shape index (κ3) is 5.85. The molecule has 1 saturated heterocycles. The number of benzene rings is 1. The van der Waals surface area contributed by atoms with Crippen molar-refractivity contribution in [2.75, 3.05) is 19.8 Å². The Balaban J connectivity index is 2.10. The largest absolute Gasteiger partial charge is 0.481 e. The van der Waals surface area contributed by atoms with Crippen molar-refractivity contribution in [1.29, 1.82) is 0 Å². The molecule has 8 nitrogen and oxygen atoms in total. The SMILES string of the molecule is CCCCOC(=O)CN1C(=O)SC(=Cc2ccccc2OCC(=O)O)C1=O. The third-order valence-electron chi connectivity index (χ3n) is 3.48. The molecule has 1 N–H and O–H groups in total. The molecule has 0 radical (unpaired) electrons. The first-order valence-electron chi connectivity index (χ1n) is 8.27. The lowest BCUT2D eigenvalue weighted by Crippen LogP contribution is -2.34. The monoisotopic (exact) mass is 393 g/mol. The van der Waals surface area contributed by atoms with Gasteiger partial charge in [-0.25, -0.2) is 4.79 Å². The molecule has 1 aliphatic rings. The summed E-state index contributed by atoms with van der Waals surface area (Å²) in [6.45, 7) is 1.22. The number of aliphatic carboxylic acids is 1. The number of carbonyl (C=O) groups excluding carboxylic acids is 3. The van der Waals surface area contributed by atoms with E-state index in [2.05, 4.69) is 0 Å². The van der Waals surface area contributed by atoms with E-state index in [1.165, 1.54) is 6.08 Å². The van der Waals surface area contributed by atoms with Crippen LogP contribution in [-0.2, 0) is 19.1 Å². The average molecular weight is 393 g/mol. The lowest BCUT2D eigenvalue weighted by atomic mass is 10.2. The van der Waals surface area contributed by atoms with E-state index in [1.54, 1.807) is 24.3 Å². The summed E-state index contributed by atoms with van der Waals surface area (Å²) in [7, 11) is 0. The molecule has 0 aromatic heterocycles. The summed E-state index contributed by atoms with van der Waals surface area (Å²) in [5.74, 6) is -2.11. The predicted molar refractivity (Wildman–Crippen MR) is 98.1 cm³/mol. The Morgan fingerprint density at radius 1 is 1.26 bits per heavy atom. The van der Waals surface area contributed by atoms with Gasteiger partial charge in [0.05, 0.1) is 11.5 Å². The second-order valence-corrected chi connectivity index (χ2v) is 6.56. The number of unbranched alkanes of at least 4 members (excludes halogenated alkanes) is 1. The Hall–Kier alpha value is -2.81. The zero-order chi connectivity index (χ0) is 19.8. The molecule has 0 unspecified atom stereocenters. The van der Waals surface area contributed by atoms with Crippen LogP contribution < -0.4 is 4.74 Å². The van der Waals surface area contributed by atoms with E-state index < -0.39 is 36.2 Å². The van der Waals surface area contributed by atoms with Gasteiger partial charge in [-0.15, -0.1) is 0 Å². The van der Waals surface area contributed by atoms with Gasteiger partial charge in [0.15, 0.2) is 6.61 Å². The number of carboxylic acid groups (broad SMARTS) is 1. The molecule has 0 atom stereocenters. The minimum Gasteiger partial charge on any atom is -0.481 e. The quantitative estimate of drug-likeness (QED) is 0.387. The van der Waals surface area contributed by atoms with E-state index in [4.69, 9.17) is 14.6 Å². The number of rotatable bonds is 9. The molecule has 0 aliphatic carbocycles. The van der Waals surface area contributed by atoms with Gasteiger partial charge in [-0.2, -0.15) is 0 Å². The number of thioether (sulfide) groups is 1. The molecule has 0 saturated carbocycles. The Morgan fingerprint density at radius 3 is 2.70 bits per heavy atom. The second-order valence-electron chi connectivity index (χ2n) is 5.56. The molecular formula is C18H19NO7S. The van der Waals surface area contributed by atoms with E-state index in [0.29, 0.717) is 23.7 Å². The summed E-state index contributed by atoms with van der Waals surface area (Å²) >= 11 is 0.699. The summed E-state index contributed by atoms with van der Waals surface area (Å²) in [6, 6.07) is 6.54. The number of carboxylic acids is 1. The lowest BCUT2D eigenvalue weighted by Gasteiger charge is -2.11. The number of para-hydroxylation sites is 1. The molecule has 2 amide bonds. The van der Waals surface area contributed by atoms with E-state index in [1.807, 2.05) is 6.92 Å². The van der Waals surface area contributed by atoms with Crippen molar-refractivity contribution in [3.05, 3.63) is 34.7 Å². The topological polar surface area (TPSA) is 110 Å². The molecule has 1 aliphatic heterocycles. The molecular weight excluding hydrogens is 374 g/mol. The van der Waals surface area contributed by atoms with Gasteiger partial charge in [0.25, 0.3) is 11.1 Å². The predicted octanol–water partition coefficient (Wildman–Crippen LogP) is 2.53. The molecule has 0 bridgehead atoms. The highest BCUT2D eigenvalue weighted by atomic mass is 32.2. The van der Waals surface area contributed by atoms with E-state index in [-0.39, 0.29) is 17.3 Å². The second kappa shape index (κ2) is 9.77. The molecule has 1 fully saturated rings. The van der Waals surface area contributed by atoms with Gasteiger partial charge in [0.2, 0.25) is 0 Å².